The molecule has 17 nitrogen and oxygen atoms in total. The third-order valence-electron chi connectivity index (χ3n) is 9.05. The zero-order valence-corrected chi connectivity index (χ0v) is 35.1. The van der Waals surface area contributed by atoms with Crippen molar-refractivity contribution in [3.63, 3.8) is 0 Å². The number of carboxylic acids is 2. The van der Waals surface area contributed by atoms with Crippen LogP contribution in [0.1, 0.15) is 97.1 Å². The van der Waals surface area contributed by atoms with Crippen LogP contribution in [0.25, 0.3) is 0 Å². The molecule has 1 aromatic carbocycles. The summed E-state index contributed by atoms with van der Waals surface area (Å²) in [6.07, 6.45) is -3.38. The highest BCUT2D eigenvalue weighted by Gasteiger charge is 2.39. The molecule has 0 heterocycles. The lowest BCUT2D eigenvalue weighted by molar-refractivity contribution is -0.147. The van der Waals surface area contributed by atoms with Gasteiger partial charge in [0.25, 0.3) is 0 Å². The van der Waals surface area contributed by atoms with Crippen molar-refractivity contribution >= 4 is 53.7 Å². The monoisotopic (exact) mass is 866 g/mol. The maximum atomic E-state index is 14.2. The van der Waals surface area contributed by atoms with Gasteiger partial charge in [-0.05, 0) is 48.6 Å². The number of aldehydes is 1. The number of amides is 6. The molecule has 0 saturated heterocycles. The summed E-state index contributed by atoms with van der Waals surface area (Å²) in [4.78, 5) is 116. The summed E-state index contributed by atoms with van der Waals surface area (Å²) < 4.78 is 39.1. The van der Waals surface area contributed by atoms with E-state index in [0.29, 0.717) is 11.1 Å². The molecular formula is C41H57F3N6O11. The van der Waals surface area contributed by atoms with E-state index in [0.717, 1.165) is 0 Å². The zero-order valence-electron chi connectivity index (χ0n) is 35.1. The van der Waals surface area contributed by atoms with Crippen LogP contribution in [-0.2, 0) is 49.6 Å². The van der Waals surface area contributed by atoms with Crippen molar-refractivity contribution in [2.75, 3.05) is 0 Å². The molecule has 1 aromatic rings. The van der Waals surface area contributed by atoms with E-state index in [-0.39, 0.29) is 44.3 Å². The normalized spacial score (nSPS) is 14.4. The van der Waals surface area contributed by atoms with Gasteiger partial charge in [-0.1, -0.05) is 58.9 Å². The number of carbonyl (C=O) groups is 9. The topological polar surface area (TPSA) is 266 Å². The number of nitrogens with one attached hydrogen (secondary N) is 6. The second-order valence-corrected chi connectivity index (χ2v) is 16.0. The van der Waals surface area contributed by atoms with Crippen molar-refractivity contribution < 1.29 is 66.5 Å². The van der Waals surface area contributed by atoms with Gasteiger partial charge in [-0.2, -0.15) is 13.2 Å². The first-order valence-electron chi connectivity index (χ1n) is 19.5. The van der Waals surface area contributed by atoms with E-state index in [4.69, 9.17) is 6.42 Å². The molecule has 0 aliphatic heterocycles. The summed E-state index contributed by atoms with van der Waals surface area (Å²) in [5.74, 6) is -6.67. The SMILES string of the molecule is C#CCCCC(=O)N[C@@H](CC(=O)O)C(=O)N[C@@H](CCC(=O)O)C(=O)N[C@@H](Cc1ccccc1C)C(=O)N[C@H](C(=O)N[C@@H](CC(C)C)C(=O)N[C@H](C=O)CC(F)(F)F)C(C)(C)C. The second-order valence-electron chi connectivity index (χ2n) is 16.0. The predicted octanol–water partition coefficient (Wildman–Crippen LogP) is 1.83. The molecule has 6 atom stereocenters. The highest BCUT2D eigenvalue weighted by Crippen LogP contribution is 2.23. The van der Waals surface area contributed by atoms with Gasteiger partial charge in [0, 0.05) is 25.7 Å². The van der Waals surface area contributed by atoms with E-state index in [9.17, 15) is 66.5 Å². The van der Waals surface area contributed by atoms with Crippen molar-refractivity contribution in [3.8, 4) is 12.3 Å². The number of hydrogen-bond donors (Lipinski definition) is 8. The quantitative estimate of drug-likeness (QED) is 0.0399. The van der Waals surface area contributed by atoms with E-state index in [2.05, 4.69) is 32.5 Å². The Labute approximate surface area is 352 Å². The number of aryl methyl sites for hydroxylation is 1. The van der Waals surface area contributed by atoms with Crippen LogP contribution >= 0.6 is 0 Å². The molecule has 0 bridgehead atoms. The Kier molecular flexibility index (Phi) is 21.7. The molecule has 1 rings (SSSR count). The number of hydrogen-bond acceptors (Lipinski definition) is 9. The largest absolute Gasteiger partial charge is 0.481 e. The fourth-order valence-electron chi connectivity index (χ4n) is 5.89. The standard InChI is InChI=1S/C41H57F3N6O11/c1-8-9-10-15-31(52)46-30(20-33(55)56)37(59)47-27(16-17-32(53)54)35(57)48-29(19-25-14-12-11-13-24(25)4)38(60)50-34(40(5,6)7)39(61)49-28(18-23(2)3)36(58)45-26(22-51)21-41(42,43)44/h1,11-14,22-23,26-30,34H,9-10,15-21H2,2-7H3,(H,45,58)(H,46,52)(H,47,59)(H,48,57)(H,49,61)(H,50,60)(H,53,54)(H,55,56)/t26-,27-,28-,29-,30-,34+/m0/s1. The van der Waals surface area contributed by atoms with Gasteiger partial charge < -0.3 is 46.9 Å². The molecule has 6 amide bonds. The van der Waals surface area contributed by atoms with Crippen molar-refractivity contribution in [1.29, 1.82) is 0 Å². The van der Waals surface area contributed by atoms with E-state index in [1.54, 1.807) is 65.8 Å². The van der Waals surface area contributed by atoms with Crippen LogP contribution in [-0.4, -0.2) is 106 Å². The van der Waals surface area contributed by atoms with Crippen LogP contribution < -0.4 is 31.9 Å². The first-order valence-corrected chi connectivity index (χ1v) is 19.5. The van der Waals surface area contributed by atoms with Crippen molar-refractivity contribution in [2.45, 2.75) is 142 Å². The highest BCUT2D eigenvalue weighted by molar-refractivity contribution is 5.97. The number of unbranched alkanes of at least 4 members (excludes halogenated alkanes) is 1. The van der Waals surface area contributed by atoms with Gasteiger partial charge in [0.05, 0.1) is 18.9 Å². The van der Waals surface area contributed by atoms with Gasteiger partial charge in [-0.15, -0.1) is 12.3 Å². The molecule has 0 spiro atoms. The number of alkyl halides is 3. The lowest BCUT2D eigenvalue weighted by Gasteiger charge is -2.34. The second kappa shape index (κ2) is 24.9. The first kappa shape index (κ1) is 53.0. The van der Waals surface area contributed by atoms with Gasteiger partial charge in [0.2, 0.25) is 35.4 Å². The molecule has 20 heteroatoms. The Bertz CT molecular complexity index is 1770. The third-order valence-corrected chi connectivity index (χ3v) is 9.05. The number of halogens is 3. The number of terminal acetylenes is 1. The molecule has 0 radical (unpaired) electrons. The maximum Gasteiger partial charge on any atom is 0.391 e. The van der Waals surface area contributed by atoms with Gasteiger partial charge in [0.15, 0.2) is 0 Å². The molecule has 0 saturated carbocycles. The van der Waals surface area contributed by atoms with E-state index >= 15 is 0 Å². The molecule has 0 aliphatic rings. The predicted molar refractivity (Wildman–Crippen MR) is 214 cm³/mol. The lowest BCUT2D eigenvalue weighted by Crippen LogP contribution is -2.62. The molecule has 0 unspecified atom stereocenters. The first-order chi connectivity index (χ1) is 28.3. The third kappa shape index (κ3) is 20.7. The highest BCUT2D eigenvalue weighted by atomic mass is 19.4. The number of benzene rings is 1. The summed E-state index contributed by atoms with van der Waals surface area (Å²) in [6.45, 7) is 9.77. The Morgan fingerprint density at radius 1 is 0.754 bits per heavy atom. The van der Waals surface area contributed by atoms with Gasteiger partial charge >= 0.3 is 18.1 Å². The summed E-state index contributed by atoms with van der Waals surface area (Å²) in [6, 6.07) is -2.97. The molecule has 0 fully saturated rings. The summed E-state index contributed by atoms with van der Waals surface area (Å²) in [5.41, 5.74) is 0.128. The molecule has 338 valence electrons. The smallest absolute Gasteiger partial charge is 0.391 e. The molecule has 8 N–H and O–H groups in total. The minimum Gasteiger partial charge on any atom is -0.481 e. The van der Waals surface area contributed by atoms with Crippen molar-refractivity contribution in [2.24, 2.45) is 11.3 Å². The van der Waals surface area contributed by atoms with Crippen LogP contribution in [0.4, 0.5) is 13.2 Å². The zero-order chi connectivity index (χ0) is 46.7. The van der Waals surface area contributed by atoms with Crippen LogP contribution in [0.3, 0.4) is 0 Å². The van der Waals surface area contributed by atoms with E-state index in [1.807, 2.05) is 5.32 Å². The van der Waals surface area contributed by atoms with E-state index in [1.165, 1.54) is 0 Å². The van der Waals surface area contributed by atoms with Crippen LogP contribution in [0.5, 0.6) is 0 Å². The van der Waals surface area contributed by atoms with Gasteiger partial charge in [-0.3, -0.25) is 38.4 Å². The fraction of sp³-hybridized carbons (Fsp3) is 0.585. The van der Waals surface area contributed by atoms with Gasteiger partial charge in [0.1, 0.15) is 36.5 Å². The van der Waals surface area contributed by atoms with Crippen LogP contribution in [0.15, 0.2) is 24.3 Å². The summed E-state index contributed by atoms with van der Waals surface area (Å²) in [7, 11) is 0. The number of rotatable bonds is 25. The Balaban J connectivity index is 3.55. The Hall–Kier alpha value is -6.00. The number of carboxylic acid groups (broad SMARTS) is 2. The summed E-state index contributed by atoms with van der Waals surface area (Å²) >= 11 is 0. The molecule has 0 aliphatic carbocycles. The van der Waals surface area contributed by atoms with E-state index < -0.39 is 121 Å². The van der Waals surface area contributed by atoms with Crippen molar-refractivity contribution in [3.05, 3.63) is 35.4 Å². The van der Waals surface area contributed by atoms with Gasteiger partial charge in [-0.25, -0.2) is 0 Å². The average molecular weight is 867 g/mol. The minimum absolute atomic E-state index is 0.0713. The fourth-order valence-corrected chi connectivity index (χ4v) is 5.89. The summed E-state index contributed by atoms with van der Waals surface area (Å²) in [5, 5.41) is 33.0. The number of aliphatic carboxylic acids is 2. The van der Waals surface area contributed by atoms with Crippen LogP contribution in [0.2, 0.25) is 0 Å². The Morgan fingerprint density at radius 2 is 1.31 bits per heavy atom. The molecule has 0 aromatic heterocycles. The molecule has 61 heavy (non-hydrogen) atoms. The molecular weight excluding hydrogens is 809 g/mol. The Morgan fingerprint density at radius 3 is 1.84 bits per heavy atom. The maximum absolute atomic E-state index is 14.2. The van der Waals surface area contributed by atoms with Crippen molar-refractivity contribution in [1.82, 2.24) is 31.9 Å². The number of carbonyl (C=O) groups excluding carboxylic acids is 7. The lowest BCUT2D eigenvalue weighted by atomic mass is 9.85. The van der Waals surface area contributed by atoms with Crippen LogP contribution in [0, 0.1) is 30.6 Å². The minimum atomic E-state index is -4.79. The average Bonchev–Trinajstić information content (AvgIpc) is 3.13.